The number of thioether (sulfide) groups is 1. The maximum Gasteiger partial charge on any atom is 0.265 e. The number of para-hydroxylation sites is 2. The Balaban J connectivity index is 1.48. The molecule has 6 heteroatoms. The highest BCUT2D eigenvalue weighted by Crippen LogP contribution is 2.42. The third-order valence-corrected chi connectivity index (χ3v) is 6.58. The van der Waals surface area contributed by atoms with Crippen molar-refractivity contribution in [1.82, 2.24) is 0 Å². The van der Waals surface area contributed by atoms with Crippen molar-refractivity contribution in [2.24, 2.45) is 0 Å². The van der Waals surface area contributed by atoms with Crippen LogP contribution in [0.25, 0.3) is 6.08 Å². The molecule has 154 valence electrons. The first-order valence-corrected chi connectivity index (χ1v) is 10.9. The van der Waals surface area contributed by atoms with Crippen LogP contribution in [0.3, 0.4) is 0 Å². The largest absolute Gasteiger partial charge is 0.310 e. The number of halogens is 1. The zero-order valence-corrected chi connectivity index (χ0v) is 17.4. The average molecular weight is 431 g/mol. The molecule has 0 saturated heterocycles. The van der Waals surface area contributed by atoms with E-state index in [1.807, 2.05) is 48.5 Å². The number of hydrogen-bond acceptors (Lipinski definition) is 3. The van der Waals surface area contributed by atoms with E-state index < -0.39 is 5.82 Å². The Morgan fingerprint density at radius 2 is 1.68 bits per heavy atom. The van der Waals surface area contributed by atoms with Crippen LogP contribution in [-0.4, -0.2) is 24.9 Å². The van der Waals surface area contributed by atoms with E-state index in [1.54, 1.807) is 29.2 Å². The van der Waals surface area contributed by atoms with Crippen molar-refractivity contribution < 1.29 is 14.0 Å². The van der Waals surface area contributed by atoms with Gasteiger partial charge < -0.3 is 4.90 Å². The lowest BCUT2D eigenvalue weighted by molar-refractivity contribution is -0.120. The fourth-order valence-electron chi connectivity index (χ4n) is 3.97. The van der Waals surface area contributed by atoms with E-state index in [2.05, 4.69) is 0 Å². The fraction of sp³-hybridized carbons (Fsp3) is 0.120. The van der Waals surface area contributed by atoms with E-state index in [1.165, 1.54) is 22.7 Å². The third kappa shape index (κ3) is 3.64. The molecular formula is C25H19FN2O2S. The molecule has 31 heavy (non-hydrogen) atoms. The topological polar surface area (TPSA) is 40.6 Å². The number of amides is 2. The second-order valence-corrected chi connectivity index (χ2v) is 8.50. The first-order valence-electron chi connectivity index (χ1n) is 10.0. The summed E-state index contributed by atoms with van der Waals surface area (Å²) in [6.07, 6.45) is 2.36. The van der Waals surface area contributed by atoms with Crippen LogP contribution < -0.4 is 9.80 Å². The number of benzene rings is 3. The van der Waals surface area contributed by atoms with Crippen molar-refractivity contribution in [3.8, 4) is 0 Å². The molecule has 3 aromatic carbocycles. The van der Waals surface area contributed by atoms with E-state index in [9.17, 15) is 14.0 Å². The molecule has 2 aliphatic heterocycles. The van der Waals surface area contributed by atoms with Crippen LogP contribution in [0.5, 0.6) is 0 Å². The Morgan fingerprint density at radius 1 is 0.968 bits per heavy atom. The molecule has 2 heterocycles. The van der Waals surface area contributed by atoms with E-state index in [0.717, 1.165) is 22.6 Å². The lowest BCUT2D eigenvalue weighted by atomic mass is 10.2. The molecule has 0 bridgehead atoms. The van der Waals surface area contributed by atoms with Gasteiger partial charge in [-0.3, -0.25) is 14.5 Å². The van der Waals surface area contributed by atoms with Crippen molar-refractivity contribution in [1.29, 1.82) is 0 Å². The molecule has 0 aromatic heterocycles. The Morgan fingerprint density at radius 3 is 2.52 bits per heavy atom. The molecule has 0 radical (unpaired) electrons. The Labute approximate surface area is 184 Å². The minimum atomic E-state index is -0.390. The van der Waals surface area contributed by atoms with Gasteiger partial charge in [-0.1, -0.05) is 60.3 Å². The van der Waals surface area contributed by atoms with Crippen LogP contribution in [0.1, 0.15) is 11.1 Å². The molecule has 0 N–H and O–H groups in total. The summed E-state index contributed by atoms with van der Waals surface area (Å²) < 4.78 is 14.2. The SMILES string of the molecule is O=C(CN1C(=O)/C(=C/c2ccccc2F)Sc2ccccc21)N1CCc2ccccc21. The van der Waals surface area contributed by atoms with Crippen molar-refractivity contribution >= 4 is 41.0 Å². The summed E-state index contributed by atoms with van der Waals surface area (Å²) >= 11 is 1.30. The highest BCUT2D eigenvalue weighted by molar-refractivity contribution is 8.04. The molecule has 0 fully saturated rings. The van der Waals surface area contributed by atoms with E-state index in [0.29, 0.717) is 22.7 Å². The van der Waals surface area contributed by atoms with Gasteiger partial charge in [0.15, 0.2) is 0 Å². The molecule has 0 unspecified atom stereocenters. The van der Waals surface area contributed by atoms with Gasteiger partial charge in [0, 0.05) is 22.7 Å². The number of nitrogens with zero attached hydrogens (tertiary/aromatic N) is 2. The predicted molar refractivity (Wildman–Crippen MR) is 122 cm³/mol. The number of carbonyl (C=O) groups is 2. The molecule has 2 aliphatic rings. The Bertz CT molecular complexity index is 1220. The third-order valence-electron chi connectivity index (χ3n) is 5.51. The van der Waals surface area contributed by atoms with Gasteiger partial charge in [0.2, 0.25) is 5.91 Å². The van der Waals surface area contributed by atoms with Crippen LogP contribution >= 0.6 is 11.8 Å². The number of hydrogen-bond donors (Lipinski definition) is 0. The lowest BCUT2D eigenvalue weighted by Crippen LogP contribution is -2.44. The molecule has 5 rings (SSSR count). The highest BCUT2D eigenvalue weighted by Gasteiger charge is 2.33. The summed E-state index contributed by atoms with van der Waals surface area (Å²) in [5.41, 5.74) is 3.08. The van der Waals surface area contributed by atoms with Gasteiger partial charge in [0.1, 0.15) is 12.4 Å². The van der Waals surface area contributed by atoms with Crippen LogP contribution in [0.4, 0.5) is 15.8 Å². The van der Waals surface area contributed by atoms with E-state index in [4.69, 9.17) is 0 Å². The summed E-state index contributed by atoms with van der Waals surface area (Å²) in [6.45, 7) is 0.536. The minimum absolute atomic E-state index is 0.0701. The maximum atomic E-state index is 14.2. The predicted octanol–water partition coefficient (Wildman–Crippen LogP) is 4.89. The van der Waals surface area contributed by atoms with Gasteiger partial charge >= 0.3 is 0 Å². The van der Waals surface area contributed by atoms with Crippen molar-refractivity contribution in [2.75, 3.05) is 22.9 Å². The van der Waals surface area contributed by atoms with Crippen LogP contribution in [0, 0.1) is 5.82 Å². The summed E-state index contributed by atoms with van der Waals surface area (Å²) in [4.78, 5) is 31.0. The van der Waals surface area contributed by atoms with Crippen LogP contribution in [-0.2, 0) is 16.0 Å². The molecule has 0 saturated carbocycles. The zero-order chi connectivity index (χ0) is 21.4. The zero-order valence-electron chi connectivity index (χ0n) is 16.6. The van der Waals surface area contributed by atoms with Gasteiger partial charge in [0.25, 0.3) is 5.91 Å². The molecule has 0 atom stereocenters. The fourth-order valence-corrected chi connectivity index (χ4v) is 5.02. The highest BCUT2D eigenvalue weighted by atomic mass is 32.2. The van der Waals surface area contributed by atoms with Crippen molar-refractivity contribution in [3.63, 3.8) is 0 Å². The summed E-state index contributed by atoms with van der Waals surface area (Å²) in [7, 11) is 0. The number of rotatable bonds is 3. The summed E-state index contributed by atoms with van der Waals surface area (Å²) in [5.74, 6) is -0.823. The van der Waals surface area contributed by atoms with Crippen molar-refractivity contribution in [2.45, 2.75) is 11.3 Å². The van der Waals surface area contributed by atoms with E-state index >= 15 is 0 Å². The summed E-state index contributed by atoms with van der Waals surface area (Å²) in [5, 5.41) is 0. The second-order valence-electron chi connectivity index (χ2n) is 7.42. The quantitative estimate of drug-likeness (QED) is 0.555. The number of carbonyl (C=O) groups excluding carboxylic acids is 2. The van der Waals surface area contributed by atoms with E-state index in [-0.39, 0.29) is 18.4 Å². The first-order chi connectivity index (χ1) is 15.1. The molecule has 0 aliphatic carbocycles. The van der Waals surface area contributed by atoms with Gasteiger partial charge in [0.05, 0.1) is 10.6 Å². The minimum Gasteiger partial charge on any atom is -0.310 e. The van der Waals surface area contributed by atoms with Gasteiger partial charge in [-0.2, -0.15) is 0 Å². The lowest BCUT2D eigenvalue weighted by Gasteiger charge is -2.31. The summed E-state index contributed by atoms with van der Waals surface area (Å²) in [6, 6.07) is 21.7. The Kier molecular flexibility index (Phi) is 5.08. The monoisotopic (exact) mass is 430 g/mol. The van der Waals surface area contributed by atoms with Crippen LogP contribution in [0.15, 0.2) is 82.6 Å². The maximum absolute atomic E-state index is 14.2. The Hall–Kier alpha value is -3.38. The van der Waals surface area contributed by atoms with Crippen molar-refractivity contribution in [3.05, 3.63) is 94.6 Å². The average Bonchev–Trinajstić information content (AvgIpc) is 3.22. The molecule has 0 spiro atoms. The normalized spacial score (nSPS) is 16.4. The standard InChI is InChI=1S/C25H19FN2O2S/c26-19-9-3-1-8-18(19)15-23-25(30)28(21-11-5-6-12-22(21)31-23)16-24(29)27-14-13-17-7-2-4-10-20(17)27/h1-12,15H,13-14,16H2/b23-15-. The smallest absolute Gasteiger partial charge is 0.265 e. The molecule has 4 nitrogen and oxygen atoms in total. The second kappa shape index (κ2) is 8.04. The van der Waals surface area contributed by atoms with Crippen LogP contribution in [0.2, 0.25) is 0 Å². The van der Waals surface area contributed by atoms with Gasteiger partial charge in [-0.05, 0) is 42.3 Å². The first kappa shape index (κ1) is 19.6. The number of fused-ring (bicyclic) bond motifs is 2. The molecule has 3 aromatic rings. The molecular weight excluding hydrogens is 411 g/mol. The van der Waals surface area contributed by atoms with Gasteiger partial charge in [-0.25, -0.2) is 4.39 Å². The molecule has 2 amide bonds. The number of anilines is 2. The van der Waals surface area contributed by atoms with Gasteiger partial charge in [-0.15, -0.1) is 0 Å².